The highest BCUT2D eigenvalue weighted by atomic mass is 32.2. The Morgan fingerprint density at radius 3 is 2.64 bits per heavy atom. The second-order valence-electron chi connectivity index (χ2n) is 7.87. The van der Waals surface area contributed by atoms with Crippen molar-refractivity contribution in [1.29, 1.82) is 0 Å². The molecule has 1 aliphatic carbocycles. The molecule has 0 aromatic carbocycles. The molecule has 2 atom stereocenters. The molecule has 0 radical (unpaired) electrons. The summed E-state index contributed by atoms with van der Waals surface area (Å²) >= 11 is 1.50. The standard InChI is InChI=1S/C17H25N3O3S2/c1-11(2)16-18-13(8-24-16)17(21)20-6-5-19(7-12-3-4-12)14-9-25(22,23)10-15(14)20/h8,11-12,14-15H,3-7,9-10H2,1-2H3. The summed E-state index contributed by atoms with van der Waals surface area (Å²) in [7, 11) is -3.09. The molecule has 0 N–H and O–H groups in total. The van der Waals surface area contributed by atoms with Crippen molar-refractivity contribution in [3.05, 3.63) is 16.1 Å². The third-order valence-electron chi connectivity index (χ3n) is 5.48. The van der Waals surface area contributed by atoms with Gasteiger partial charge < -0.3 is 4.90 Å². The first-order valence-corrected chi connectivity index (χ1v) is 11.7. The Morgan fingerprint density at radius 1 is 1.28 bits per heavy atom. The summed E-state index contributed by atoms with van der Waals surface area (Å²) in [5, 5.41) is 2.76. The van der Waals surface area contributed by atoms with Crippen LogP contribution in [0.25, 0.3) is 0 Å². The predicted molar refractivity (Wildman–Crippen MR) is 97.8 cm³/mol. The molecule has 2 unspecified atom stereocenters. The van der Waals surface area contributed by atoms with E-state index in [1.54, 1.807) is 4.90 Å². The zero-order valence-electron chi connectivity index (χ0n) is 14.7. The summed E-state index contributed by atoms with van der Waals surface area (Å²) in [6, 6.07) is -0.277. The molecule has 1 aromatic rings. The summed E-state index contributed by atoms with van der Waals surface area (Å²) in [5.41, 5.74) is 0.465. The molecule has 3 heterocycles. The second kappa shape index (κ2) is 6.32. The van der Waals surface area contributed by atoms with Crippen molar-refractivity contribution in [3.63, 3.8) is 0 Å². The minimum Gasteiger partial charge on any atom is -0.330 e. The number of sulfone groups is 1. The van der Waals surface area contributed by atoms with Crippen molar-refractivity contribution < 1.29 is 13.2 Å². The van der Waals surface area contributed by atoms with Crippen LogP contribution < -0.4 is 0 Å². The van der Waals surface area contributed by atoms with Gasteiger partial charge in [0.15, 0.2) is 9.84 Å². The molecular formula is C17H25N3O3S2. The molecular weight excluding hydrogens is 358 g/mol. The largest absolute Gasteiger partial charge is 0.330 e. The number of fused-ring (bicyclic) bond motifs is 1. The van der Waals surface area contributed by atoms with Gasteiger partial charge in [0.1, 0.15) is 5.69 Å². The summed E-state index contributed by atoms with van der Waals surface area (Å²) in [6.45, 7) is 6.45. The average molecular weight is 384 g/mol. The second-order valence-corrected chi connectivity index (χ2v) is 10.9. The quantitative estimate of drug-likeness (QED) is 0.790. The summed E-state index contributed by atoms with van der Waals surface area (Å²) in [4.78, 5) is 21.6. The number of aromatic nitrogens is 1. The maximum absolute atomic E-state index is 13.0. The Bertz CT molecular complexity index is 770. The minimum absolute atomic E-state index is 0.0495. The molecule has 25 heavy (non-hydrogen) atoms. The number of hydrogen-bond acceptors (Lipinski definition) is 6. The van der Waals surface area contributed by atoms with Crippen molar-refractivity contribution in [2.45, 2.75) is 44.7 Å². The number of carbonyl (C=O) groups is 1. The third-order valence-corrected chi connectivity index (χ3v) is 8.32. The number of hydrogen-bond donors (Lipinski definition) is 0. The van der Waals surface area contributed by atoms with E-state index in [4.69, 9.17) is 0 Å². The Hall–Kier alpha value is -0.990. The lowest BCUT2D eigenvalue weighted by Crippen LogP contribution is -2.60. The molecule has 1 amide bonds. The molecule has 4 rings (SSSR count). The van der Waals surface area contributed by atoms with E-state index in [1.807, 2.05) is 5.38 Å². The van der Waals surface area contributed by atoms with Gasteiger partial charge in [0.25, 0.3) is 5.91 Å². The number of rotatable bonds is 4. The van der Waals surface area contributed by atoms with Crippen LogP contribution in [0.15, 0.2) is 5.38 Å². The van der Waals surface area contributed by atoms with Crippen LogP contribution in [0.4, 0.5) is 0 Å². The molecule has 1 saturated carbocycles. The fourth-order valence-electron chi connectivity index (χ4n) is 3.93. The number of amides is 1. The van der Waals surface area contributed by atoms with Gasteiger partial charge in [0.2, 0.25) is 0 Å². The van der Waals surface area contributed by atoms with Crippen LogP contribution in [0.5, 0.6) is 0 Å². The summed E-state index contributed by atoms with van der Waals surface area (Å²) < 4.78 is 24.5. The van der Waals surface area contributed by atoms with Gasteiger partial charge in [-0.3, -0.25) is 9.69 Å². The van der Waals surface area contributed by atoms with Crippen molar-refractivity contribution in [2.24, 2.45) is 5.92 Å². The molecule has 138 valence electrons. The van der Waals surface area contributed by atoms with Gasteiger partial charge in [-0.1, -0.05) is 13.8 Å². The van der Waals surface area contributed by atoms with Crippen LogP contribution in [0.1, 0.15) is 48.1 Å². The Morgan fingerprint density at radius 2 is 2.00 bits per heavy atom. The number of thiazole rings is 1. The molecule has 3 aliphatic rings. The molecule has 0 bridgehead atoms. The van der Waals surface area contributed by atoms with Gasteiger partial charge in [0, 0.05) is 37.0 Å². The highest BCUT2D eigenvalue weighted by Crippen LogP contribution is 2.34. The van der Waals surface area contributed by atoms with E-state index in [0.29, 0.717) is 18.2 Å². The smallest absolute Gasteiger partial charge is 0.273 e. The fourth-order valence-corrected chi connectivity index (χ4v) is 6.75. The summed E-state index contributed by atoms with van der Waals surface area (Å²) in [6.07, 6.45) is 2.50. The first-order valence-electron chi connectivity index (χ1n) is 9.05. The lowest BCUT2D eigenvalue weighted by Gasteiger charge is -2.43. The van der Waals surface area contributed by atoms with E-state index in [2.05, 4.69) is 23.7 Å². The lowest BCUT2D eigenvalue weighted by atomic mass is 10.0. The van der Waals surface area contributed by atoms with Gasteiger partial charge in [-0.2, -0.15) is 0 Å². The van der Waals surface area contributed by atoms with Crippen LogP contribution in [0.2, 0.25) is 0 Å². The van der Waals surface area contributed by atoms with Gasteiger partial charge in [-0.05, 0) is 18.8 Å². The minimum atomic E-state index is -3.09. The van der Waals surface area contributed by atoms with E-state index in [1.165, 1.54) is 24.2 Å². The van der Waals surface area contributed by atoms with Crippen molar-refractivity contribution >= 4 is 27.1 Å². The van der Waals surface area contributed by atoms with E-state index < -0.39 is 9.84 Å². The Labute approximate surface area is 153 Å². The molecule has 2 saturated heterocycles. The van der Waals surface area contributed by atoms with E-state index in [9.17, 15) is 13.2 Å². The number of carbonyl (C=O) groups excluding carboxylic acids is 1. The van der Waals surface area contributed by atoms with Gasteiger partial charge in [-0.15, -0.1) is 11.3 Å². The molecule has 1 aromatic heterocycles. The average Bonchev–Trinajstić information content (AvgIpc) is 3.09. The van der Waals surface area contributed by atoms with Crippen molar-refractivity contribution in [1.82, 2.24) is 14.8 Å². The molecule has 3 fully saturated rings. The Kier molecular flexibility index (Phi) is 4.40. The molecule has 6 nitrogen and oxygen atoms in total. The first kappa shape index (κ1) is 17.4. The highest BCUT2D eigenvalue weighted by Gasteiger charge is 2.49. The summed E-state index contributed by atoms with van der Waals surface area (Å²) in [5.74, 6) is 1.18. The maximum Gasteiger partial charge on any atom is 0.273 e. The van der Waals surface area contributed by atoms with Gasteiger partial charge in [0.05, 0.1) is 22.6 Å². The van der Waals surface area contributed by atoms with Gasteiger partial charge >= 0.3 is 0 Å². The van der Waals surface area contributed by atoms with E-state index >= 15 is 0 Å². The van der Waals surface area contributed by atoms with E-state index in [0.717, 1.165) is 24.0 Å². The fraction of sp³-hybridized carbons (Fsp3) is 0.765. The van der Waals surface area contributed by atoms with Crippen LogP contribution in [-0.2, 0) is 9.84 Å². The van der Waals surface area contributed by atoms with E-state index in [-0.39, 0.29) is 29.5 Å². The molecule has 8 heteroatoms. The van der Waals surface area contributed by atoms with Gasteiger partial charge in [-0.25, -0.2) is 13.4 Å². The molecule has 2 aliphatic heterocycles. The zero-order chi connectivity index (χ0) is 17.8. The monoisotopic (exact) mass is 383 g/mol. The lowest BCUT2D eigenvalue weighted by molar-refractivity contribution is 0.0314. The molecule has 0 spiro atoms. The first-order chi connectivity index (χ1) is 11.8. The number of piperazine rings is 1. The zero-order valence-corrected chi connectivity index (χ0v) is 16.4. The van der Waals surface area contributed by atoms with Crippen molar-refractivity contribution in [3.8, 4) is 0 Å². The highest BCUT2D eigenvalue weighted by molar-refractivity contribution is 7.91. The van der Waals surface area contributed by atoms with Crippen LogP contribution >= 0.6 is 11.3 Å². The predicted octanol–water partition coefficient (Wildman–Crippen LogP) is 1.60. The van der Waals surface area contributed by atoms with Crippen LogP contribution in [-0.4, -0.2) is 72.3 Å². The van der Waals surface area contributed by atoms with Crippen LogP contribution in [0, 0.1) is 5.92 Å². The van der Waals surface area contributed by atoms with Crippen molar-refractivity contribution in [2.75, 3.05) is 31.1 Å². The topological polar surface area (TPSA) is 70.6 Å². The SMILES string of the molecule is CC(C)c1nc(C(=O)N2CCN(CC3CC3)C3CS(=O)(=O)CC32)cs1. The Balaban J connectivity index is 1.56. The third kappa shape index (κ3) is 3.48. The normalized spacial score (nSPS) is 29.2. The maximum atomic E-state index is 13.0. The van der Waals surface area contributed by atoms with Crippen LogP contribution in [0.3, 0.4) is 0 Å². The number of nitrogens with zero attached hydrogens (tertiary/aromatic N) is 3.